The van der Waals surface area contributed by atoms with Gasteiger partial charge in [0.25, 0.3) is 5.91 Å². The topological polar surface area (TPSA) is 94.7 Å². The van der Waals surface area contributed by atoms with Crippen molar-refractivity contribution < 1.29 is 14.7 Å². The number of hydrogen-bond donors (Lipinski definition) is 1. The van der Waals surface area contributed by atoms with Crippen LogP contribution in [0.4, 0.5) is 11.4 Å². The molecule has 1 atom stereocenters. The molecule has 1 aliphatic heterocycles. The maximum absolute atomic E-state index is 12.7. The van der Waals surface area contributed by atoms with E-state index in [2.05, 4.69) is 15.3 Å². The van der Waals surface area contributed by atoms with Crippen LogP contribution in [0.3, 0.4) is 0 Å². The van der Waals surface area contributed by atoms with Gasteiger partial charge in [-0.3, -0.25) is 9.59 Å². The number of hydrazone groups is 1. The first-order valence-electron chi connectivity index (χ1n) is 9.98. The molecule has 0 saturated heterocycles. The van der Waals surface area contributed by atoms with Gasteiger partial charge in [-0.2, -0.15) is 20.3 Å². The molecule has 7 nitrogen and oxygen atoms in total. The summed E-state index contributed by atoms with van der Waals surface area (Å²) in [6, 6.07) is 21.6. The molecule has 4 rings (SSSR count). The monoisotopic (exact) mass is 424 g/mol. The maximum atomic E-state index is 12.7. The lowest BCUT2D eigenvalue weighted by atomic mass is 10.1. The number of carbonyl (C=O) groups excluding carboxylic acids is 2. The number of hydrogen-bond acceptors (Lipinski definition) is 6. The van der Waals surface area contributed by atoms with Crippen LogP contribution >= 0.6 is 0 Å². The SMILES string of the molecule is CC1=NN(c2ccccc2)C(=O)C1N=Nc1ccc(C(=O)C=Cc2ccc(O)cc2)cc1. The van der Waals surface area contributed by atoms with Crippen LogP contribution in [0.1, 0.15) is 22.8 Å². The predicted octanol–water partition coefficient (Wildman–Crippen LogP) is 5.16. The van der Waals surface area contributed by atoms with E-state index in [0.29, 0.717) is 22.6 Å². The molecule has 0 fully saturated rings. The zero-order valence-electron chi connectivity index (χ0n) is 17.3. The van der Waals surface area contributed by atoms with Crippen LogP contribution in [0.25, 0.3) is 6.08 Å². The van der Waals surface area contributed by atoms with Gasteiger partial charge in [-0.15, -0.1) is 0 Å². The van der Waals surface area contributed by atoms with E-state index in [4.69, 9.17) is 0 Å². The van der Waals surface area contributed by atoms with Gasteiger partial charge in [0.05, 0.1) is 17.1 Å². The summed E-state index contributed by atoms with van der Waals surface area (Å²) in [5, 5.41) is 23.3. The third-order valence-corrected chi connectivity index (χ3v) is 4.86. The summed E-state index contributed by atoms with van der Waals surface area (Å²) in [4.78, 5) is 25.0. The Morgan fingerprint density at radius 1 is 1.00 bits per heavy atom. The van der Waals surface area contributed by atoms with Crippen molar-refractivity contribution in [3.63, 3.8) is 0 Å². The minimum atomic E-state index is -0.773. The molecule has 0 bridgehead atoms. The van der Waals surface area contributed by atoms with E-state index in [1.165, 1.54) is 11.1 Å². The second-order valence-electron chi connectivity index (χ2n) is 7.18. The fourth-order valence-corrected chi connectivity index (χ4v) is 3.11. The summed E-state index contributed by atoms with van der Waals surface area (Å²) in [5.74, 6) is -0.246. The molecule has 3 aromatic rings. The molecule has 1 N–H and O–H groups in total. The first-order valence-corrected chi connectivity index (χ1v) is 9.98. The molecule has 0 aromatic heterocycles. The van der Waals surface area contributed by atoms with E-state index in [1.807, 2.05) is 18.2 Å². The average molecular weight is 424 g/mol. The highest BCUT2D eigenvalue weighted by Gasteiger charge is 2.34. The van der Waals surface area contributed by atoms with Crippen molar-refractivity contribution in [3.8, 4) is 5.75 Å². The number of allylic oxidation sites excluding steroid dienone is 1. The molecular weight excluding hydrogens is 404 g/mol. The second kappa shape index (κ2) is 9.18. The number of amides is 1. The van der Waals surface area contributed by atoms with Crippen LogP contribution in [-0.4, -0.2) is 28.6 Å². The van der Waals surface area contributed by atoms with Crippen LogP contribution in [0.2, 0.25) is 0 Å². The molecule has 1 aliphatic rings. The minimum Gasteiger partial charge on any atom is -0.508 e. The van der Waals surface area contributed by atoms with Gasteiger partial charge in [-0.25, -0.2) is 0 Å². The predicted molar refractivity (Wildman–Crippen MR) is 123 cm³/mol. The maximum Gasteiger partial charge on any atom is 0.280 e. The van der Waals surface area contributed by atoms with Crippen LogP contribution in [-0.2, 0) is 4.79 Å². The van der Waals surface area contributed by atoms with Gasteiger partial charge in [0.15, 0.2) is 11.8 Å². The summed E-state index contributed by atoms with van der Waals surface area (Å²) < 4.78 is 0. The molecule has 7 heteroatoms. The Kier molecular flexibility index (Phi) is 5.98. The number of ketones is 1. The average Bonchev–Trinajstić information content (AvgIpc) is 3.11. The van der Waals surface area contributed by atoms with Crippen molar-refractivity contribution >= 4 is 34.9 Å². The third-order valence-electron chi connectivity index (χ3n) is 4.86. The lowest BCUT2D eigenvalue weighted by molar-refractivity contribution is -0.117. The summed E-state index contributed by atoms with van der Waals surface area (Å²) in [7, 11) is 0. The summed E-state index contributed by atoms with van der Waals surface area (Å²) in [5.41, 5.74) is 3.09. The van der Waals surface area contributed by atoms with Crippen molar-refractivity contribution in [2.24, 2.45) is 15.3 Å². The van der Waals surface area contributed by atoms with E-state index in [9.17, 15) is 14.7 Å². The Labute approximate surface area is 185 Å². The van der Waals surface area contributed by atoms with Crippen molar-refractivity contribution in [2.45, 2.75) is 13.0 Å². The fraction of sp³-hybridized carbons (Fsp3) is 0.0800. The molecule has 0 radical (unpaired) electrons. The summed E-state index contributed by atoms with van der Waals surface area (Å²) >= 11 is 0. The van der Waals surface area contributed by atoms with Gasteiger partial charge in [-0.1, -0.05) is 36.4 Å². The molecule has 3 aromatic carbocycles. The lowest BCUT2D eigenvalue weighted by Crippen LogP contribution is -2.29. The van der Waals surface area contributed by atoms with Crippen molar-refractivity contribution in [2.75, 3.05) is 5.01 Å². The van der Waals surface area contributed by atoms with E-state index in [0.717, 1.165) is 5.56 Å². The Bertz CT molecular complexity index is 1210. The molecule has 1 unspecified atom stereocenters. The summed E-state index contributed by atoms with van der Waals surface area (Å²) in [6.07, 6.45) is 3.15. The van der Waals surface area contributed by atoms with Crippen LogP contribution < -0.4 is 5.01 Å². The second-order valence-corrected chi connectivity index (χ2v) is 7.18. The standard InChI is InChI=1S/C25H20N4O3/c1-17-24(25(32)29(28-17)21-5-3-2-4-6-21)27-26-20-12-10-19(11-13-20)23(31)16-9-18-7-14-22(30)15-8-18/h2-16,24,30H,1H3. The number of benzene rings is 3. The van der Waals surface area contributed by atoms with Crippen LogP contribution in [0, 0.1) is 0 Å². The number of anilines is 1. The van der Waals surface area contributed by atoms with Gasteiger partial charge in [0.2, 0.25) is 0 Å². The molecule has 1 amide bonds. The highest BCUT2D eigenvalue weighted by atomic mass is 16.3. The first kappa shape index (κ1) is 20.9. The minimum absolute atomic E-state index is 0.158. The van der Waals surface area contributed by atoms with Gasteiger partial charge < -0.3 is 5.11 Å². The number of rotatable bonds is 6. The Hall–Kier alpha value is -4.39. The number of phenolic OH excluding ortho intramolecular Hbond substituents is 1. The molecule has 0 spiro atoms. The molecule has 0 saturated carbocycles. The molecule has 158 valence electrons. The lowest BCUT2D eigenvalue weighted by Gasteiger charge is -2.11. The fourth-order valence-electron chi connectivity index (χ4n) is 3.11. The Balaban J connectivity index is 1.41. The summed E-state index contributed by atoms with van der Waals surface area (Å²) in [6.45, 7) is 1.74. The van der Waals surface area contributed by atoms with Crippen molar-refractivity contribution in [3.05, 3.63) is 96.1 Å². The van der Waals surface area contributed by atoms with E-state index >= 15 is 0 Å². The van der Waals surface area contributed by atoms with Crippen LogP contribution in [0.15, 0.2) is 100 Å². The third kappa shape index (κ3) is 4.67. The number of carbonyl (C=O) groups is 2. The van der Waals surface area contributed by atoms with E-state index in [1.54, 1.807) is 73.7 Å². The highest BCUT2D eigenvalue weighted by Crippen LogP contribution is 2.23. The van der Waals surface area contributed by atoms with E-state index in [-0.39, 0.29) is 17.4 Å². The largest absolute Gasteiger partial charge is 0.508 e. The van der Waals surface area contributed by atoms with Gasteiger partial charge in [-0.05, 0) is 67.1 Å². The van der Waals surface area contributed by atoms with Crippen molar-refractivity contribution in [1.29, 1.82) is 0 Å². The Morgan fingerprint density at radius 2 is 1.69 bits per heavy atom. The molecular formula is C25H20N4O3. The van der Waals surface area contributed by atoms with Gasteiger partial charge in [0.1, 0.15) is 5.75 Å². The van der Waals surface area contributed by atoms with Crippen LogP contribution in [0.5, 0.6) is 5.75 Å². The first-order chi connectivity index (χ1) is 15.5. The quantitative estimate of drug-likeness (QED) is 0.336. The van der Waals surface area contributed by atoms with Gasteiger partial charge in [0, 0.05) is 5.56 Å². The highest BCUT2D eigenvalue weighted by molar-refractivity contribution is 6.18. The molecule has 0 aliphatic carbocycles. The van der Waals surface area contributed by atoms with Gasteiger partial charge >= 0.3 is 0 Å². The number of nitrogens with zero attached hydrogens (tertiary/aromatic N) is 4. The smallest absolute Gasteiger partial charge is 0.280 e. The number of aromatic hydroxyl groups is 1. The zero-order chi connectivity index (χ0) is 22.5. The molecule has 1 heterocycles. The number of phenols is 1. The van der Waals surface area contributed by atoms with Crippen molar-refractivity contribution in [1.82, 2.24) is 0 Å². The van der Waals surface area contributed by atoms with E-state index < -0.39 is 6.04 Å². The number of azo groups is 1. The normalized spacial score (nSPS) is 16.2. The molecule has 32 heavy (non-hydrogen) atoms. The number of para-hydroxylation sites is 1. The zero-order valence-corrected chi connectivity index (χ0v) is 17.3. The Morgan fingerprint density at radius 3 is 2.38 bits per heavy atom.